The zero-order valence-corrected chi connectivity index (χ0v) is 9.84. The summed E-state index contributed by atoms with van der Waals surface area (Å²) < 4.78 is 28.2. The number of halogens is 2. The number of benzene rings is 1. The largest absolute Gasteiger partial charge is 0.475 e. The molecule has 104 valence electrons. The molecule has 0 saturated carbocycles. The second kappa shape index (κ2) is 5.47. The van der Waals surface area contributed by atoms with E-state index in [0.29, 0.717) is 5.56 Å². The molecule has 0 aliphatic rings. The van der Waals surface area contributed by atoms with Gasteiger partial charge < -0.3 is 14.8 Å². The van der Waals surface area contributed by atoms with Crippen LogP contribution in [0.4, 0.5) is 8.78 Å². The van der Waals surface area contributed by atoms with Crippen molar-refractivity contribution in [1.82, 2.24) is 9.97 Å². The van der Waals surface area contributed by atoms with Crippen LogP contribution >= 0.6 is 0 Å². The van der Waals surface area contributed by atoms with E-state index >= 15 is 0 Å². The third-order valence-corrected chi connectivity index (χ3v) is 2.32. The molecule has 8 heteroatoms. The zero-order chi connectivity index (χ0) is 14.7. The molecule has 1 aromatic carbocycles. The highest BCUT2D eigenvalue weighted by Crippen LogP contribution is 2.21. The lowest BCUT2D eigenvalue weighted by atomic mass is 10.1. The fourth-order valence-corrected chi connectivity index (χ4v) is 1.51. The van der Waals surface area contributed by atoms with Crippen LogP contribution in [0.1, 0.15) is 10.6 Å². The Kier molecular flexibility index (Phi) is 3.74. The molecule has 2 N–H and O–H groups in total. The Bertz CT molecular complexity index is 683. The van der Waals surface area contributed by atoms with Crippen LogP contribution in [0.15, 0.2) is 35.1 Å². The van der Waals surface area contributed by atoms with Crippen molar-refractivity contribution in [1.29, 1.82) is 0 Å². The lowest BCUT2D eigenvalue weighted by Crippen LogP contribution is -2.15. The van der Waals surface area contributed by atoms with E-state index in [9.17, 15) is 18.4 Å². The molecule has 0 unspecified atom stereocenters. The maximum atomic E-state index is 12.0. The summed E-state index contributed by atoms with van der Waals surface area (Å²) in [5.41, 5.74) is -0.102. The van der Waals surface area contributed by atoms with Crippen molar-refractivity contribution in [3.8, 4) is 17.0 Å². The minimum atomic E-state index is -2.93. The average Bonchev–Trinajstić information content (AvgIpc) is 2.38. The predicted molar refractivity (Wildman–Crippen MR) is 63.9 cm³/mol. The number of hydrogen-bond acceptors (Lipinski definition) is 4. The summed E-state index contributed by atoms with van der Waals surface area (Å²) in [5.74, 6) is -1.92. The van der Waals surface area contributed by atoms with Gasteiger partial charge in [0.25, 0.3) is 5.56 Å². The molecule has 0 atom stereocenters. The molecule has 0 radical (unpaired) electrons. The first-order valence-corrected chi connectivity index (χ1v) is 5.35. The number of aromatic nitrogens is 2. The molecule has 0 fully saturated rings. The average molecular weight is 282 g/mol. The van der Waals surface area contributed by atoms with Crippen LogP contribution in [0.25, 0.3) is 11.3 Å². The van der Waals surface area contributed by atoms with Gasteiger partial charge in [-0.15, -0.1) is 0 Å². The molecule has 0 aliphatic heterocycles. The van der Waals surface area contributed by atoms with Crippen molar-refractivity contribution in [3.05, 3.63) is 46.5 Å². The summed E-state index contributed by atoms with van der Waals surface area (Å²) >= 11 is 0. The van der Waals surface area contributed by atoms with Gasteiger partial charge in [0.1, 0.15) is 5.75 Å². The van der Waals surface area contributed by atoms with Gasteiger partial charge >= 0.3 is 12.6 Å². The van der Waals surface area contributed by atoms with E-state index in [1.165, 1.54) is 24.3 Å². The highest BCUT2D eigenvalue weighted by molar-refractivity contribution is 5.83. The smallest absolute Gasteiger partial charge is 0.387 e. The predicted octanol–water partition coefficient (Wildman–Crippen LogP) is 1.74. The summed E-state index contributed by atoms with van der Waals surface area (Å²) in [7, 11) is 0. The van der Waals surface area contributed by atoms with Crippen LogP contribution in [0.5, 0.6) is 5.75 Å². The first kappa shape index (κ1) is 13.7. The number of nitrogens with one attached hydrogen (secondary N) is 1. The van der Waals surface area contributed by atoms with Gasteiger partial charge in [-0.3, -0.25) is 4.79 Å². The molecule has 6 nitrogen and oxygen atoms in total. The Labute approximate surface area is 110 Å². The SMILES string of the molecule is O=C(O)c1nc(-c2ccc(OC(F)F)cc2)cc(=O)[nH]1. The molecule has 1 heterocycles. The number of carboxylic acids is 1. The fourth-order valence-electron chi connectivity index (χ4n) is 1.51. The first-order chi connectivity index (χ1) is 9.45. The number of H-pyrrole nitrogens is 1. The van der Waals surface area contributed by atoms with Crippen LogP contribution in [-0.2, 0) is 0 Å². The minimum Gasteiger partial charge on any atom is -0.475 e. The topological polar surface area (TPSA) is 92.3 Å². The van der Waals surface area contributed by atoms with Crippen LogP contribution in [-0.4, -0.2) is 27.7 Å². The van der Waals surface area contributed by atoms with Crippen molar-refractivity contribution < 1.29 is 23.4 Å². The molecular formula is C12H8F2N2O4. The first-order valence-electron chi connectivity index (χ1n) is 5.35. The van der Waals surface area contributed by atoms with E-state index in [4.69, 9.17) is 5.11 Å². The third kappa shape index (κ3) is 3.16. The standard InChI is InChI=1S/C12H8F2N2O4/c13-12(14)20-7-3-1-6(2-4-7)8-5-9(17)16-10(15-8)11(18)19/h1-5,12H,(H,18,19)(H,15,16,17). The van der Waals surface area contributed by atoms with Crippen molar-refractivity contribution in [2.45, 2.75) is 6.61 Å². The highest BCUT2D eigenvalue weighted by Gasteiger charge is 2.10. The van der Waals surface area contributed by atoms with E-state index in [-0.39, 0.29) is 11.4 Å². The molecule has 20 heavy (non-hydrogen) atoms. The summed E-state index contributed by atoms with van der Waals surface area (Å²) in [5, 5.41) is 8.79. The van der Waals surface area contributed by atoms with E-state index in [2.05, 4.69) is 14.7 Å². The van der Waals surface area contributed by atoms with Gasteiger partial charge in [-0.1, -0.05) is 0 Å². The number of nitrogens with zero attached hydrogens (tertiary/aromatic N) is 1. The van der Waals surface area contributed by atoms with E-state index < -0.39 is 24.0 Å². The molecule has 0 bridgehead atoms. The van der Waals surface area contributed by atoms with Crippen molar-refractivity contribution in [2.24, 2.45) is 0 Å². The molecular weight excluding hydrogens is 274 g/mol. The van der Waals surface area contributed by atoms with Gasteiger partial charge in [0.15, 0.2) is 0 Å². The van der Waals surface area contributed by atoms with E-state index in [0.717, 1.165) is 6.07 Å². The van der Waals surface area contributed by atoms with Gasteiger partial charge in [0.2, 0.25) is 5.82 Å². The Morgan fingerprint density at radius 1 is 1.30 bits per heavy atom. The number of rotatable bonds is 4. The molecule has 0 amide bonds. The maximum Gasteiger partial charge on any atom is 0.387 e. The fraction of sp³-hybridized carbons (Fsp3) is 0.0833. The van der Waals surface area contributed by atoms with Gasteiger partial charge in [-0.2, -0.15) is 8.78 Å². The number of hydrogen-bond donors (Lipinski definition) is 2. The quantitative estimate of drug-likeness (QED) is 0.891. The van der Waals surface area contributed by atoms with Crippen molar-refractivity contribution in [2.75, 3.05) is 0 Å². The molecule has 0 aliphatic carbocycles. The van der Waals surface area contributed by atoms with E-state index in [1.807, 2.05) is 0 Å². The van der Waals surface area contributed by atoms with Crippen LogP contribution in [0.2, 0.25) is 0 Å². The third-order valence-electron chi connectivity index (χ3n) is 2.32. The Morgan fingerprint density at radius 3 is 2.50 bits per heavy atom. The number of ether oxygens (including phenoxy) is 1. The summed E-state index contributed by atoms with van der Waals surface area (Å²) in [6.07, 6.45) is 0. The van der Waals surface area contributed by atoms with Gasteiger partial charge in [0.05, 0.1) is 5.69 Å². The summed E-state index contributed by atoms with van der Waals surface area (Å²) in [6, 6.07) is 6.43. The number of aromatic amines is 1. The summed E-state index contributed by atoms with van der Waals surface area (Å²) in [6.45, 7) is -2.93. The van der Waals surface area contributed by atoms with Crippen molar-refractivity contribution in [3.63, 3.8) is 0 Å². The lowest BCUT2D eigenvalue weighted by Gasteiger charge is -2.05. The molecule has 2 aromatic rings. The van der Waals surface area contributed by atoms with E-state index in [1.54, 1.807) is 0 Å². The normalized spacial score (nSPS) is 10.6. The Hall–Kier alpha value is -2.77. The number of carboxylic acid groups (broad SMARTS) is 1. The van der Waals surface area contributed by atoms with Crippen molar-refractivity contribution >= 4 is 5.97 Å². The van der Waals surface area contributed by atoms with Gasteiger partial charge in [0, 0.05) is 11.6 Å². The zero-order valence-electron chi connectivity index (χ0n) is 9.84. The second-order valence-electron chi connectivity index (χ2n) is 3.69. The summed E-state index contributed by atoms with van der Waals surface area (Å²) in [4.78, 5) is 27.9. The van der Waals surface area contributed by atoms with Crippen LogP contribution in [0, 0.1) is 0 Å². The Balaban J connectivity index is 2.36. The van der Waals surface area contributed by atoms with Crippen LogP contribution in [0.3, 0.4) is 0 Å². The monoisotopic (exact) mass is 282 g/mol. The highest BCUT2D eigenvalue weighted by atomic mass is 19.3. The number of alkyl halides is 2. The second-order valence-corrected chi connectivity index (χ2v) is 3.69. The maximum absolute atomic E-state index is 12.0. The number of carbonyl (C=O) groups is 1. The van der Waals surface area contributed by atoms with Gasteiger partial charge in [-0.05, 0) is 24.3 Å². The molecule has 0 saturated heterocycles. The van der Waals surface area contributed by atoms with Gasteiger partial charge in [-0.25, -0.2) is 9.78 Å². The molecule has 0 spiro atoms. The lowest BCUT2D eigenvalue weighted by molar-refractivity contribution is -0.0498. The number of aromatic carboxylic acids is 1. The molecule has 1 aromatic heterocycles. The minimum absolute atomic E-state index is 0.0490. The molecule has 2 rings (SSSR count). The van der Waals surface area contributed by atoms with Crippen LogP contribution < -0.4 is 10.3 Å². The Morgan fingerprint density at radius 2 is 1.95 bits per heavy atom.